The molecule has 1 aromatic heterocycles. The van der Waals surface area contributed by atoms with Crippen LogP contribution in [0.15, 0.2) is 0 Å². The van der Waals surface area contributed by atoms with Crippen molar-refractivity contribution in [1.29, 1.82) is 0 Å². The number of hydrogen-bond acceptors (Lipinski definition) is 4. The van der Waals surface area contributed by atoms with E-state index in [0.717, 1.165) is 18.7 Å². The van der Waals surface area contributed by atoms with Crippen LogP contribution >= 0.6 is 23.1 Å². The lowest BCUT2D eigenvalue weighted by Crippen LogP contribution is -2.30. The van der Waals surface area contributed by atoms with Crippen molar-refractivity contribution in [3.63, 3.8) is 0 Å². The summed E-state index contributed by atoms with van der Waals surface area (Å²) >= 11 is 7.20. The molecular formula is C11H16ClN3OS. The summed E-state index contributed by atoms with van der Waals surface area (Å²) in [6.45, 7) is 7.47. The Morgan fingerprint density at radius 2 is 2.24 bits per heavy atom. The van der Waals surface area contributed by atoms with Crippen molar-refractivity contribution >= 4 is 29.0 Å². The molecule has 1 unspecified atom stereocenters. The predicted octanol–water partition coefficient (Wildman–Crippen LogP) is 2.29. The minimum atomic E-state index is -0.155. The van der Waals surface area contributed by atoms with Crippen molar-refractivity contribution in [3.8, 4) is 0 Å². The number of alkyl halides is 1. The van der Waals surface area contributed by atoms with Crippen molar-refractivity contribution in [2.45, 2.75) is 38.0 Å². The second-order valence-electron chi connectivity index (χ2n) is 5.34. The van der Waals surface area contributed by atoms with Gasteiger partial charge in [-0.3, -0.25) is 4.79 Å². The van der Waals surface area contributed by atoms with E-state index in [9.17, 15) is 4.79 Å². The Morgan fingerprint density at radius 3 is 2.76 bits per heavy atom. The zero-order chi connectivity index (χ0) is 12.6. The summed E-state index contributed by atoms with van der Waals surface area (Å²) in [5.74, 6) is 0.0214. The topological polar surface area (TPSA) is 46.1 Å². The first-order valence-electron chi connectivity index (χ1n) is 5.66. The van der Waals surface area contributed by atoms with E-state index < -0.39 is 0 Å². The first-order valence-corrected chi connectivity index (χ1v) is 6.87. The van der Waals surface area contributed by atoms with E-state index in [1.54, 1.807) is 4.90 Å². The van der Waals surface area contributed by atoms with Crippen LogP contribution in [-0.2, 0) is 5.41 Å². The summed E-state index contributed by atoms with van der Waals surface area (Å²) in [6.07, 6.45) is 0.865. The van der Waals surface area contributed by atoms with E-state index in [1.807, 2.05) is 20.8 Å². The third-order valence-electron chi connectivity index (χ3n) is 2.81. The smallest absolute Gasteiger partial charge is 0.267 e. The van der Waals surface area contributed by atoms with Gasteiger partial charge in [-0.05, 0) is 18.0 Å². The molecule has 1 atom stereocenters. The van der Waals surface area contributed by atoms with Gasteiger partial charge in [0.05, 0.1) is 11.1 Å². The van der Waals surface area contributed by atoms with E-state index >= 15 is 0 Å². The molecule has 17 heavy (non-hydrogen) atoms. The number of rotatable bonds is 1. The maximum atomic E-state index is 12.3. The van der Waals surface area contributed by atoms with Crippen LogP contribution in [0, 0.1) is 0 Å². The lowest BCUT2D eigenvalue weighted by Gasteiger charge is -2.19. The van der Waals surface area contributed by atoms with Crippen LogP contribution in [0.1, 0.15) is 42.6 Å². The lowest BCUT2D eigenvalue weighted by molar-refractivity contribution is 0.0795. The molecule has 1 fully saturated rings. The first-order chi connectivity index (χ1) is 7.89. The Labute approximate surface area is 110 Å². The average molecular weight is 274 g/mol. The van der Waals surface area contributed by atoms with Gasteiger partial charge in [-0.1, -0.05) is 25.3 Å². The molecule has 94 valence electrons. The van der Waals surface area contributed by atoms with Crippen LogP contribution in [0.25, 0.3) is 0 Å². The molecular weight excluding hydrogens is 258 g/mol. The number of halogens is 1. The minimum absolute atomic E-state index is 0.0214. The van der Waals surface area contributed by atoms with Crippen LogP contribution in [-0.4, -0.2) is 38.9 Å². The van der Waals surface area contributed by atoms with Gasteiger partial charge in [-0.25, -0.2) is 0 Å². The fourth-order valence-electron chi connectivity index (χ4n) is 1.87. The van der Waals surface area contributed by atoms with E-state index in [1.165, 1.54) is 11.5 Å². The Hall–Kier alpha value is -0.680. The summed E-state index contributed by atoms with van der Waals surface area (Å²) in [7, 11) is 0. The van der Waals surface area contributed by atoms with E-state index in [4.69, 9.17) is 11.6 Å². The molecule has 4 nitrogen and oxygen atoms in total. The monoisotopic (exact) mass is 273 g/mol. The summed E-state index contributed by atoms with van der Waals surface area (Å²) < 4.78 is 3.91. The molecule has 0 saturated carbocycles. The van der Waals surface area contributed by atoms with Crippen molar-refractivity contribution in [2.75, 3.05) is 13.1 Å². The molecule has 0 spiro atoms. The van der Waals surface area contributed by atoms with Gasteiger partial charge in [0.2, 0.25) is 0 Å². The van der Waals surface area contributed by atoms with Gasteiger partial charge >= 0.3 is 0 Å². The van der Waals surface area contributed by atoms with Gasteiger partial charge in [0.15, 0.2) is 0 Å². The molecule has 0 aromatic carbocycles. The largest absolute Gasteiger partial charge is 0.336 e. The zero-order valence-electron chi connectivity index (χ0n) is 10.2. The molecule has 1 aliphatic rings. The molecule has 2 heterocycles. The quantitative estimate of drug-likeness (QED) is 0.738. The van der Waals surface area contributed by atoms with Crippen molar-refractivity contribution in [2.24, 2.45) is 0 Å². The maximum Gasteiger partial charge on any atom is 0.267 e. The van der Waals surface area contributed by atoms with Crippen LogP contribution in [0.3, 0.4) is 0 Å². The van der Waals surface area contributed by atoms with Crippen LogP contribution < -0.4 is 0 Å². The van der Waals surface area contributed by atoms with Gasteiger partial charge in [-0.15, -0.1) is 16.7 Å². The summed E-state index contributed by atoms with van der Waals surface area (Å²) in [4.78, 5) is 14.8. The Kier molecular flexibility index (Phi) is 3.41. The Balaban J connectivity index is 2.23. The Bertz CT molecular complexity index is 427. The lowest BCUT2D eigenvalue weighted by atomic mass is 9.91. The molecule has 2 rings (SSSR count). The van der Waals surface area contributed by atoms with E-state index in [-0.39, 0.29) is 16.7 Å². The minimum Gasteiger partial charge on any atom is -0.336 e. The van der Waals surface area contributed by atoms with Gasteiger partial charge in [-0.2, -0.15) is 0 Å². The van der Waals surface area contributed by atoms with Crippen molar-refractivity contribution in [1.82, 2.24) is 14.5 Å². The number of aromatic nitrogens is 2. The molecule has 1 saturated heterocycles. The number of likely N-dealkylation sites (tertiary alicyclic amines) is 1. The first kappa shape index (κ1) is 12.8. The predicted molar refractivity (Wildman–Crippen MR) is 68.8 cm³/mol. The SMILES string of the molecule is CC(C)(C)c1nnsc1C(=O)N1CCC(Cl)C1. The van der Waals surface area contributed by atoms with Crippen molar-refractivity contribution < 1.29 is 4.79 Å². The average Bonchev–Trinajstić information content (AvgIpc) is 2.83. The number of amides is 1. The van der Waals surface area contributed by atoms with Gasteiger partial charge in [0, 0.05) is 18.5 Å². The van der Waals surface area contributed by atoms with Gasteiger partial charge in [0.25, 0.3) is 5.91 Å². The second-order valence-corrected chi connectivity index (χ2v) is 6.71. The summed E-state index contributed by atoms with van der Waals surface area (Å²) in [5.41, 5.74) is 0.628. The van der Waals surface area contributed by atoms with Gasteiger partial charge in [0.1, 0.15) is 4.88 Å². The van der Waals surface area contributed by atoms with Crippen LogP contribution in [0.2, 0.25) is 0 Å². The fourth-order valence-corrected chi connectivity index (χ4v) is 2.98. The normalized spacial score (nSPS) is 20.9. The highest BCUT2D eigenvalue weighted by atomic mass is 35.5. The maximum absolute atomic E-state index is 12.3. The molecule has 0 radical (unpaired) electrons. The Morgan fingerprint density at radius 1 is 1.53 bits per heavy atom. The van der Waals surface area contributed by atoms with Crippen LogP contribution in [0.5, 0.6) is 0 Å². The molecule has 1 amide bonds. The molecule has 0 aliphatic carbocycles. The third kappa shape index (κ3) is 2.60. The zero-order valence-corrected chi connectivity index (χ0v) is 11.8. The number of nitrogens with zero attached hydrogens (tertiary/aromatic N) is 3. The molecule has 1 aromatic rings. The van der Waals surface area contributed by atoms with Gasteiger partial charge < -0.3 is 4.90 Å². The third-order valence-corrected chi connectivity index (χ3v) is 3.88. The molecule has 6 heteroatoms. The summed E-state index contributed by atoms with van der Waals surface area (Å²) in [5, 5.41) is 4.17. The number of carbonyl (C=O) groups is 1. The van der Waals surface area contributed by atoms with E-state index in [2.05, 4.69) is 9.59 Å². The van der Waals surface area contributed by atoms with Crippen LogP contribution in [0.4, 0.5) is 0 Å². The highest BCUT2D eigenvalue weighted by Gasteiger charge is 2.32. The standard InChI is InChI=1S/C11H16ClN3OS/c1-11(2,3)9-8(17-14-13-9)10(16)15-5-4-7(12)6-15/h7H,4-6H2,1-3H3. The fraction of sp³-hybridized carbons (Fsp3) is 0.727. The molecule has 0 N–H and O–H groups in total. The highest BCUT2D eigenvalue weighted by molar-refractivity contribution is 7.08. The molecule has 0 bridgehead atoms. The number of carbonyl (C=O) groups excluding carboxylic acids is 1. The van der Waals surface area contributed by atoms with E-state index in [0.29, 0.717) is 11.4 Å². The molecule has 1 aliphatic heterocycles. The van der Waals surface area contributed by atoms with Crippen molar-refractivity contribution in [3.05, 3.63) is 10.6 Å². The summed E-state index contributed by atoms with van der Waals surface area (Å²) in [6, 6.07) is 0. The number of hydrogen-bond donors (Lipinski definition) is 0. The highest BCUT2D eigenvalue weighted by Crippen LogP contribution is 2.28. The second kappa shape index (κ2) is 4.53.